The molecule has 1 aliphatic heterocycles. The van der Waals surface area contributed by atoms with Crippen LogP contribution in [0.5, 0.6) is 0 Å². The van der Waals surface area contributed by atoms with Gasteiger partial charge in [0.2, 0.25) is 0 Å². The van der Waals surface area contributed by atoms with Crippen LogP contribution in [0, 0.1) is 11.8 Å². The summed E-state index contributed by atoms with van der Waals surface area (Å²) in [6.07, 6.45) is 10.1. The fourth-order valence-electron chi connectivity index (χ4n) is 6.13. The molecule has 0 spiro atoms. The third-order valence-electron chi connectivity index (χ3n) is 7.67. The van der Waals surface area contributed by atoms with E-state index in [0.717, 1.165) is 24.5 Å². The molecule has 146 valence electrons. The second kappa shape index (κ2) is 7.29. The smallest absolute Gasteiger partial charge is 0.126 e. The van der Waals surface area contributed by atoms with Gasteiger partial charge in [0.15, 0.2) is 0 Å². The molecule has 3 heteroatoms. The van der Waals surface area contributed by atoms with Gasteiger partial charge in [-0.25, -0.2) is 0 Å². The zero-order valence-corrected chi connectivity index (χ0v) is 18.2. The van der Waals surface area contributed by atoms with Gasteiger partial charge in [-0.1, -0.05) is 80.2 Å². The Labute approximate surface area is 170 Å². The van der Waals surface area contributed by atoms with Crippen LogP contribution < -0.4 is 5.32 Å². The third-order valence-corrected chi connectivity index (χ3v) is 12.2. The van der Waals surface area contributed by atoms with Gasteiger partial charge in [0.25, 0.3) is 0 Å². The van der Waals surface area contributed by atoms with Crippen molar-refractivity contribution in [3.8, 4) is 0 Å². The molecule has 5 rings (SSSR count). The molecule has 2 fully saturated rings. The van der Waals surface area contributed by atoms with E-state index in [1.807, 2.05) is 0 Å². The largest absolute Gasteiger partial charge is 0.321 e. The summed E-state index contributed by atoms with van der Waals surface area (Å²) in [5.41, 5.74) is 3.90. The summed E-state index contributed by atoms with van der Waals surface area (Å²) in [6.45, 7) is 10.1. The lowest BCUT2D eigenvalue weighted by Gasteiger charge is -2.45. The highest BCUT2D eigenvalue weighted by Gasteiger charge is 2.48. The van der Waals surface area contributed by atoms with E-state index in [0.29, 0.717) is 5.92 Å². The molecule has 2 nitrogen and oxygen atoms in total. The van der Waals surface area contributed by atoms with Crippen molar-refractivity contribution in [3.05, 3.63) is 66.3 Å². The fraction of sp³-hybridized carbons (Fsp3) is 0.440. The Morgan fingerprint density at radius 2 is 1.75 bits per heavy atom. The van der Waals surface area contributed by atoms with Crippen LogP contribution in [0.25, 0.3) is 16.3 Å². The molecule has 3 atom stereocenters. The van der Waals surface area contributed by atoms with Crippen LogP contribution in [0.2, 0.25) is 18.6 Å². The molecule has 1 heterocycles. The Hall–Kier alpha value is -1.68. The molecular formula is C25H32N2Si. The Bertz CT molecular complexity index is 918. The van der Waals surface area contributed by atoms with Crippen molar-refractivity contribution in [2.75, 3.05) is 26.2 Å². The molecule has 0 aromatic heterocycles. The number of piperazine rings is 1. The van der Waals surface area contributed by atoms with Crippen molar-refractivity contribution in [2.24, 2.45) is 11.8 Å². The van der Waals surface area contributed by atoms with E-state index in [1.165, 1.54) is 42.3 Å². The van der Waals surface area contributed by atoms with Gasteiger partial charge in [-0.15, -0.1) is 0 Å². The molecule has 1 saturated carbocycles. The normalized spacial score (nSPS) is 28.4. The van der Waals surface area contributed by atoms with Crippen molar-refractivity contribution in [2.45, 2.75) is 31.5 Å². The maximum atomic E-state index is 3.54. The maximum Gasteiger partial charge on any atom is 0.126 e. The Kier molecular flexibility index (Phi) is 4.78. The molecule has 1 N–H and O–H groups in total. The predicted molar refractivity (Wildman–Crippen MR) is 123 cm³/mol. The highest BCUT2D eigenvalue weighted by Crippen LogP contribution is 2.54. The predicted octanol–water partition coefficient (Wildman–Crippen LogP) is 5.30. The average molecular weight is 389 g/mol. The highest BCUT2D eigenvalue weighted by atomic mass is 28.3. The molecule has 0 amide bonds. The molecule has 0 radical (unpaired) electrons. The zero-order chi connectivity index (χ0) is 19.1. The maximum absolute atomic E-state index is 3.54. The van der Waals surface area contributed by atoms with Gasteiger partial charge in [-0.3, -0.25) is 0 Å². The molecular weight excluding hydrogens is 356 g/mol. The van der Waals surface area contributed by atoms with Crippen LogP contribution in [0.3, 0.4) is 0 Å². The number of nitrogens with zero attached hydrogens (tertiary/aromatic N) is 1. The van der Waals surface area contributed by atoms with Gasteiger partial charge < -0.3 is 9.88 Å². The Morgan fingerprint density at radius 3 is 2.61 bits per heavy atom. The monoisotopic (exact) mass is 388 g/mol. The van der Waals surface area contributed by atoms with Gasteiger partial charge in [0, 0.05) is 26.2 Å². The second-order valence-electron chi connectivity index (χ2n) is 9.29. The molecule has 2 aliphatic carbocycles. The Balaban J connectivity index is 1.47. The van der Waals surface area contributed by atoms with E-state index in [2.05, 4.69) is 83.7 Å². The number of rotatable bonds is 3. The van der Waals surface area contributed by atoms with Gasteiger partial charge in [0.05, 0.1) is 0 Å². The second-order valence-corrected chi connectivity index (χ2v) is 14.0. The SMILES string of the molecule is C[Si](C)(C1CCC2C(c3cccc4ccccc34)=CC=CC21)N1CCNCC1. The summed E-state index contributed by atoms with van der Waals surface area (Å²) in [5, 5.41) is 6.30. The van der Waals surface area contributed by atoms with Crippen molar-refractivity contribution >= 4 is 24.6 Å². The van der Waals surface area contributed by atoms with E-state index in [4.69, 9.17) is 0 Å². The minimum Gasteiger partial charge on any atom is -0.321 e. The van der Waals surface area contributed by atoms with Crippen molar-refractivity contribution in [3.63, 3.8) is 0 Å². The summed E-state index contributed by atoms with van der Waals surface area (Å²) in [4.78, 5) is 0. The molecule has 28 heavy (non-hydrogen) atoms. The summed E-state index contributed by atoms with van der Waals surface area (Å²) < 4.78 is 2.88. The number of benzene rings is 2. The summed E-state index contributed by atoms with van der Waals surface area (Å²) >= 11 is 0. The van der Waals surface area contributed by atoms with E-state index in [-0.39, 0.29) is 0 Å². The van der Waals surface area contributed by atoms with Crippen LogP contribution >= 0.6 is 0 Å². The summed E-state index contributed by atoms with van der Waals surface area (Å²) in [6, 6.07) is 15.7. The molecule has 3 unspecified atom stereocenters. The van der Waals surface area contributed by atoms with Crippen LogP contribution in [0.1, 0.15) is 18.4 Å². The van der Waals surface area contributed by atoms with Crippen LogP contribution in [0.4, 0.5) is 0 Å². The number of hydrogen-bond donors (Lipinski definition) is 1. The van der Waals surface area contributed by atoms with Crippen molar-refractivity contribution in [1.82, 2.24) is 9.88 Å². The van der Waals surface area contributed by atoms with Gasteiger partial charge >= 0.3 is 0 Å². The minimum atomic E-state index is -1.45. The average Bonchev–Trinajstić information content (AvgIpc) is 3.19. The molecule has 2 aromatic carbocycles. The van der Waals surface area contributed by atoms with Crippen molar-refractivity contribution in [1.29, 1.82) is 0 Å². The van der Waals surface area contributed by atoms with E-state index >= 15 is 0 Å². The third kappa shape index (κ3) is 3.01. The summed E-state index contributed by atoms with van der Waals surface area (Å²) in [7, 11) is -1.45. The van der Waals surface area contributed by atoms with Crippen LogP contribution in [0.15, 0.2) is 60.7 Å². The minimum absolute atomic E-state index is 0.690. The standard InChI is InChI=1S/C25H32N2Si/c1-28(2,27-17-15-26-16-18-27)25-14-13-23-22(11-6-12-24(23)25)21-10-5-8-19-7-3-4-9-20(19)21/h3-12,23-26H,13-18H2,1-2H3. The first-order valence-electron chi connectivity index (χ1n) is 11.0. The lowest BCUT2D eigenvalue weighted by atomic mass is 9.80. The molecule has 2 aromatic rings. The van der Waals surface area contributed by atoms with E-state index in [9.17, 15) is 0 Å². The van der Waals surface area contributed by atoms with Gasteiger partial charge in [-0.2, -0.15) is 0 Å². The number of allylic oxidation sites excluding steroid dienone is 4. The fourth-order valence-corrected chi connectivity index (χ4v) is 10.1. The molecule has 0 bridgehead atoms. The van der Waals surface area contributed by atoms with Gasteiger partial charge in [-0.05, 0) is 45.7 Å². The Morgan fingerprint density at radius 1 is 0.964 bits per heavy atom. The van der Waals surface area contributed by atoms with Crippen LogP contribution in [-0.4, -0.2) is 39.0 Å². The number of hydrogen-bond acceptors (Lipinski definition) is 2. The van der Waals surface area contributed by atoms with E-state index < -0.39 is 8.24 Å². The van der Waals surface area contributed by atoms with Crippen molar-refractivity contribution < 1.29 is 0 Å². The van der Waals surface area contributed by atoms with Gasteiger partial charge in [0.1, 0.15) is 8.24 Å². The molecule has 3 aliphatic rings. The lowest BCUT2D eigenvalue weighted by molar-refractivity contribution is 0.347. The van der Waals surface area contributed by atoms with E-state index in [1.54, 1.807) is 5.57 Å². The first-order chi connectivity index (χ1) is 13.7. The first kappa shape index (κ1) is 18.4. The summed E-state index contributed by atoms with van der Waals surface area (Å²) in [5.74, 6) is 1.41. The highest BCUT2D eigenvalue weighted by molar-refractivity contribution is 6.76. The number of fused-ring (bicyclic) bond motifs is 2. The number of nitrogens with one attached hydrogen (secondary N) is 1. The topological polar surface area (TPSA) is 15.3 Å². The quantitative estimate of drug-likeness (QED) is 0.718. The molecule has 1 saturated heterocycles. The lowest BCUT2D eigenvalue weighted by Crippen LogP contribution is -2.59. The zero-order valence-electron chi connectivity index (χ0n) is 17.2. The first-order valence-corrected chi connectivity index (χ1v) is 14.0. The van der Waals surface area contributed by atoms with Crippen LogP contribution in [-0.2, 0) is 0 Å².